The van der Waals surface area contributed by atoms with Crippen LogP contribution in [0, 0.1) is 0 Å². The van der Waals surface area contributed by atoms with Crippen molar-refractivity contribution in [1.29, 1.82) is 0 Å². The summed E-state index contributed by atoms with van der Waals surface area (Å²) in [5.41, 5.74) is 6.60. The van der Waals surface area contributed by atoms with Crippen molar-refractivity contribution in [3.05, 3.63) is 133 Å². The first-order chi connectivity index (χ1) is 17.8. The summed E-state index contributed by atoms with van der Waals surface area (Å²) >= 11 is 0. The SMILES string of the molecule is CCc1ccc(-c2c3ccccc3c(-c3ccc4ccccc4c3)c3ccccc23)c2ccccc12. The highest BCUT2D eigenvalue weighted by Gasteiger charge is 2.18. The Balaban J connectivity index is 1.64. The largest absolute Gasteiger partial charge is 0.0616 e. The van der Waals surface area contributed by atoms with Crippen molar-refractivity contribution in [2.24, 2.45) is 0 Å². The fourth-order valence-electron chi connectivity index (χ4n) is 5.96. The molecule has 0 aliphatic carbocycles. The van der Waals surface area contributed by atoms with Crippen LogP contribution >= 0.6 is 0 Å². The lowest BCUT2D eigenvalue weighted by Gasteiger charge is -2.19. The van der Waals surface area contributed by atoms with E-state index in [1.807, 2.05) is 0 Å². The highest BCUT2D eigenvalue weighted by Crippen LogP contribution is 2.45. The van der Waals surface area contributed by atoms with Crippen LogP contribution in [0.3, 0.4) is 0 Å². The summed E-state index contributed by atoms with van der Waals surface area (Å²) < 4.78 is 0. The predicted molar refractivity (Wildman–Crippen MR) is 157 cm³/mol. The molecular formula is C36H26. The Hall–Kier alpha value is -4.42. The molecule has 36 heavy (non-hydrogen) atoms. The summed E-state index contributed by atoms with van der Waals surface area (Å²) in [4.78, 5) is 0. The smallest absolute Gasteiger partial charge is 0.00201 e. The molecule has 0 amide bonds. The molecule has 0 fully saturated rings. The summed E-state index contributed by atoms with van der Waals surface area (Å²) in [6.45, 7) is 2.24. The van der Waals surface area contributed by atoms with Crippen molar-refractivity contribution in [3.63, 3.8) is 0 Å². The number of benzene rings is 7. The van der Waals surface area contributed by atoms with Crippen LogP contribution in [0.15, 0.2) is 127 Å². The Kier molecular flexibility index (Phi) is 4.85. The van der Waals surface area contributed by atoms with Crippen LogP contribution in [0.5, 0.6) is 0 Å². The predicted octanol–water partition coefficient (Wildman–Crippen LogP) is 10.2. The average molecular weight is 459 g/mol. The normalized spacial score (nSPS) is 11.6. The van der Waals surface area contributed by atoms with Crippen LogP contribution in [-0.2, 0) is 6.42 Å². The van der Waals surface area contributed by atoms with Gasteiger partial charge in [0.1, 0.15) is 0 Å². The molecule has 0 aromatic heterocycles. The molecule has 7 aromatic carbocycles. The maximum absolute atomic E-state index is 2.34. The Morgan fingerprint density at radius 1 is 0.417 bits per heavy atom. The molecule has 170 valence electrons. The Labute approximate surface area is 211 Å². The van der Waals surface area contributed by atoms with Gasteiger partial charge >= 0.3 is 0 Å². The first-order valence-electron chi connectivity index (χ1n) is 12.8. The zero-order chi connectivity index (χ0) is 24.1. The third-order valence-electron chi connectivity index (χ3n) is 7.63. The first kappa shape index (κ1) is 20.9. The minimum absolute atomic E-state index is 1.03. The maximum Gasteiger partial charge on any atom is -0.00201 e. The number of hydrogen-bond acceptors (Lipinski definition) is 0. The van der Waals surface area contributed by atoms with Crippen molar-refractivity contribution in [2.75, 3.05) is 0 Å². The Morgan fingerprint density at radius 2 is 0.944 bits per heavy atom. The van der Waals surface area contributed by atoms with Gasteiger partial charge in [-0.2, -0.15) is 0 Å². The quantitative estimate of drug-likeness (QED) is 0.231. The summed E-state index contributed by atoms with van der Waals surface area (Å²) in [5.74, 6) is 0. The molecule has 7 aromatic rings. The zero-order valence-electron chi connectivity index (χ0n) is 20.3. The fraction of sp³-hybridized carbons (Fsp3) is 0.0556. The monoisotopic (exact) mass is 458 g/mol. The van der Waals surface area contributed by atoms with Gasteiger partial charge in [0, 0.05) is 0 Å². The molecular weight excluding hydrogens is 432 g/mol. The van der Waals surface area contributed by atoms with E-state index < -0.39 is 0 Å². The van der Waals surface area contributed by atoms with E-state index in [4.69, 9.17) is 0 Å². The average Bonchev–Trinajstić information content (AvgIpc) is 2.95. The summed E-state index contributed by atoms with van der Waals surface area (Å²) in [6.07, 6.45) is 1.03. The molecule has 0 spiro atoms. The highest BCUT2D eigenvalue weighted by molar-refractivity contribution is 6.23. The molecule has 0 radical (unpaired) electrons. The van der Waals surface area contributed by atoms with E-state index in [1.54, 1.807) is 0 Å². The highest BCUT2D eigenvalue weighted by atomic mass is 14.2. The van der Waals surface area contributed by atoms with Gasteiger partial charge in [-0.3, -0.25) is 0 Å². The fourth-order valence-corrected chi connectivity index (χ4v) is 5.96. The van der Waals surface area contributed by atoms with Crippen LogP contribution in [0.1, 0.15) is 12.5 Å². The van der Waals surface area contributed by atoms with Crippen molar-refractivity contribution in [3.8, 4) is 22.3 Å². The second kappa shape index (κ2) is 8.36. The lowest BCUT2D eigenvalue weighted by atomic mass is 9.84. The van der Waals surface area contributed by atoms with Crippen molar-refractivity contribution >= 4 is 43.1 Å². The summed E-state index contributed by atoms with van der Waals surface area (Å²) in [6, 6.07) is 46.9. The molecule has 7 rings (SSSR count). The van der Waals surface area contributed by atoms with Crippen LogP contribution in [-0.4, -0.2) is 0 Å². The minimum atomic E-state index is 1.03. The topological polar surface area (TPSA) is 0 Å². The molecule has 0 aliphatic rings. The second-order valence-corrected chi connectivity index (χ2v) is 9.57. The van der Waals surface area contributed by atoms with Gasteiger partial charge in [0.05, 0.1) is 0 Å². The van der Waals surface area contributed by atoms with E-state index in [2.05, 4.69) is 134 Å². The Morgan fingerprint density at radius 3 is 1.58 bits per heavy atom. The van der Waals surface area contributed by atoms with Gasteiger partial charge in [-0.15, -0.1) is 0 Å². The molecule has 0 saturated carbocycles. The summed E-state index contributed by atoms with van der Waals surface area (Å²) in [7, 11) is 0. The van der Waals surface area contributed by atoms with E-state index in [0.29, 0.717) is 0 Å². The lowest BCUT2D eigenvalue weighted by molar-refractivity contribution is 1.16. The van der Waals surface area contributed by atoms with E-state index in [9.17, 15) is 0 Å². The molecule has 0 heteroatoms. The van der Waals surface area contributed by atoms with Gasteiger partial charge in [-0.25, -0.2) is 0 Å². The number of fused-ring (bicyclic) bond motifs is 4. The van der Waals surface area contributed by atoms with E-state index in [1.165, 1.54) is 70.9 Å². The molecule has 0 N–H and O–H groups in total. The number of rotatable bonds is 3. The standard InChI is InChI=1S/C36H26/c1-2-24-21-22-34(29-14-6-5-13-28(24)29)36-32-17-9-7-15-30(32)35(31-16-8-10-18-33(31)36)27-20-19-25-11-3-4-12-26(25)23-27/h3-23H,2H2,1H3. The molecule has 0 aliphatic heterocycles. The van der Waals surface area contributed by atoms with Gasteiger partial charge in [-0.1, -0.05) is 128 Å². The molecule has 0 nitrogen and oxygen atoms in total. The van der Waals surface area contributed by atoms with Gasteiger partial charge in [0.2, 0.25) is 0 Å². The van der Waals surface area contributed by atoms with Gasteiger partial charge in [0.15, 0.2) is 0 Å². The zero-order valence-corrected chi connectivity index (χ0v) is 20.3. The second-order valence-electron chi connectivity index (χ2n) is 9.57. The van der Waals surface area contributed by atoms with Crippen molar-refractivity contribution in [2.45, 2.75) is 13.3 Å². The van der Waals surface area contributed by atoms with E-state index in [0.717, 1.165) is 6.42 Å². The molecule has 0 atom stereocenters. The Bertz CT molecular complexity index is 1870. The first-order valence-corrected chi connectivity index (χ1v) is 12.8. The minimum Gasteiger partial charge on any atom is -0.0616 e. The third-order valence-corrected chi connectivity index (χ3v) is 7.63. The number of aryl methyl sites for hydroxylation is 1. The van der Waals surface area contributed by atoms with E-state index >= 15 is 0 Å². The molecule has 0 saturated heterocycles. The van der Waals surface area contributed by atoms with E-state index in [-0.39, 0.29) is 0 Å². The van der Waals surface area contributed by atoms with Gasteiger partial charge < -0.3 is 0 Å². The van der Waals surface area contributed by atoms with Crippen LogP contribution in [0.25, 0.3) is 65.3 Å². The van der Waals surface area contributed by atoms with Gasteiger partial charge in [-0.05, 0) is 83.4 Å². The lowest BCUT2D eigenvalue weighted by Crippen LogP contribution is -1.93. The van der Waals surface area contributed by atoms with Crippen molar-refractivity contribution < 1.29 is 0 Å². The summed E-state index contributed by atoms with van der Waals surface area (Å²) in [5, 5.41) is 10.4. The molecule has 0 heterocycles. The third kappa shape index (κ3) is 3.15. The van der Waals surface area contributed by atoms with Crippen LogP contribution in [0.2, 0.25) is 0 Å². The maximum atomic E-state index is 2.34. The van der Waals surface area contributed by atoms with Crippen LogP contribution < -0.4 is 0 Å². The molecule has 0 unspecified atom stereocenters. The number of hydrogen-bond donors (Lipinski definition) is 0. The van der Waals surface area contributed by atoms with Gasteiger partial charge in [0.25, 0.3) is 0 Å². The van der Waals surface area contributed by atoms with Crippen molar-refractivity contribution in [1.82, 2.24) is 0 Å². The van der Waals surface area contributed by atoms with Crippen LogP contribution in [0.4, 0.5) is 0 Å². The molecule has 0 bridgehead atoms.